The van der Waals surface area contributed by atoms with Gasteiger partial charge in [-0.25, -0.2) is 4.98 Å². The summed E-state index contributed by atoms with van der Waals surface area (Å²) in [5.74, 6) is -0.0753. The maximum Gasteiger partial charge on any atom is 0.267 e. The van der Waals surface area contributed by atoms with Crippen molar-refractivity contribution in [3.05, 3.63) is 81.8 Å². The second-order valence-electron chi connectivity index (χ2n) is 8.41. The number of amides is 1. The molecule has 3 heterocycles. The van der Waals surface area contributed by atoms with Gasteiger partial charge in [-0.1, -0.05) is 36.4 Å². The minimum Gasteiger partial charge on any atom is -0.372 e. The van der Waals surface area contributed by atoms with E-state index in [9.17, 15) is 14.9 Å². The molecule has 0 aliphatic carbocycles. The molecule has 0 bridgehead atoms. The first-order valence-corrected chi connectivity index (χ1v) is 11.3. The van der Waals surface area contributed by atoms with Crippen molar-refractivity contribution in [2.75, 3.05) is 24.5 Å². The van der Waals surface area contributed by atoms with Gasteiger partial charge in [-0.15, -0.1) is 0 Å². The maximum absolute atomic E-state index is 13.4. The van der Waals surface area contributed by atoms with Crippen molar-refractivity contribution in [3.63, 3.8) is 0 Å². The molecular formula is C26H27N5O3. The third-order valence-electron chi connectivity index (χ3n) is 5.66. The number of rotatable bonds is 6. The first kappa shape index (κ1) is 23.2. The number of carbonyl (C=O) groups excluding carboxylic acids is 1. The first-order valence-electron chi connectivity index (χ1n) is 11.3. The Morgan fingerprint density at radius 1 is 1.18 bits per heavy atom. The van der Waals surface area contributed by atoms with Crippen molar-refractivity contribution in [2.24, 2.45) is 0 Å². The Kier molecular flexibility index (Phi) is 7.04. The Morgan fingerprint density at radius 3 is 2.59 bits per heavy atom. The van der Waals surface area contributed by atoms with E-state index in [0.29, 0.717) is 37.5 Å². The predicted octanol–water partition coefficient (Wildman–Crippen LogP) is 2.57. The molecule has 2 aromatic heterocycles. The van der Waals surface area contributed by atoms with Gasteiger partial charge in [0.1, 0.15) is 23.1 Å². The predicted molar refractivity (Wildman–Crippen MR) is 130 cm³/mol. The second kappa shape index (κ2) is 10.3. The van der Waals surface area contributed by atoms with E-state index in [4.69, 9.17) is 9.72 Å². The van der Waals surface area contributed by atoms with Crippen molar-refractivity contribution in [1.29, 1.82) is 5.26 Å². The van der Waals surface area contributed by atoms with Gasteiger partial charge in [0, 0.05) is 25.8 Å². The van der Waals surface area contributed by atoms with Crippen LogP contribution in [0.4, 0.5) is 5.82 Å². The van der Waals surface area contributed by atoms with Crippen LogP contribution in [0.5, 0.6) is 0 Å². The minimum absolute atomic E-state index is 0.0478. The number of nitrogens with zero attached hydrogens (tertiary/aromatic N) is 4. The fourth-order valence-corrected chi connectivity index (χ4v) is 4.16. The molecule has 1 aromatic carbocycles. The molecule has 8 heteroatoms. The van der Waals surface area contributed by atoms with Crippen LogP contribution >= 0.6 is 0 Å². The summed E-state index contributed by atoms with van der Waals surface area (Å²) in [5.41, 5.74) is 1.31. The molecule has 4 rings (SSSR count). The molecule has 1 aliphatic heterocycles. The van der Waals surface area contributed by atoms with Crippen molar-refractivity contribution in [2.45, 2.75) is 32.5 Å². The summed E-state index contributed by atoms with van der Waals surface area (Å²) in [6.07, 6.45) is 3.52. The lowest BCUT2D eigenvalue weighted by Crippen LogP contribution is -2.46. The average molecular weight is 458 g/mol. The fraction of sp³-hybridized carbons (Fsp3) is 0.308. The highest BCUT2D eigenvalue weighted by Gasteiger charge is 2.27. The molecule has 0 spiro atoms. The summed E-state index contributed by atoms with van der Waals surface area (Å²) in [6, 6.07) is 17.0. The van der Waals surface area contributed by atoms with Gasteiger partial charge in [-0.3, -0.25) is 14.0 Å². The number of carbonyl (C=O) groups is 1. The summed E-state index contributed by atoms with van der Waals surface area (Å²) in [5, 5.41) is 12.5. The molecule has 2 atom stereocenters. The van der Waals surface area contributed by atoms with E-state index in [-0.39, 0.29) is 28.9 Å². The topological polar surface area (TPSA) is 99.7 Å². The van der Waals surface area contributed by atoms with Crippen molar-refractivity contribution in [3.8, 4) is 6.07 Å². The number of morpholine rings is 1. The highest BCUT2D eigenvalue weighted by molar-refractivity contribution is 6.02. The van der Waals surface area contributed by atoms with Crippen LogP contribution in [0.15, 0.2) is 65.1 Å². The van der Waals surface area contributed by atoms with Gasteiger partial charge in [-0.2, -0.15) is 5.26 Å². The Bertz CT molecular complexity index is 1300. The van der Waals surface area contributed by atoms with Crippen LogP contribution in [-0.4, -0.2) is 47.1 Å². The summed E-state index contributed by atoms with van der Waals surface area (Å²) < 4.78 is 7.25. The summed E-state index contributed by atoms with van der Waals surface area (Å²) >= 11 is 0. The monoisotopic (exact) mass is 457 g/mol. The highest BCUT2D eigenvalue weighted by Crippen LogP contribution is 2.23. The number of anilines is 1. The third-order valence-corrected chi connectivity index (χ3v) is 5.66. The molecule has 1 saturated heterocycles. The fourth-order valence-electron chi connectivity index (χ4n) is 4.16. The van der Waals surface area contributed by atoms with Gasteiger partial charge in [-0.05, 0) is 44.0 Å². The summed E-state index contributed by atoms with van der Waals surface area (Å²) in [7, 11) is 0. The number of nitrogens with one attached hydrogen (secondary N) is 1. The highest BCUT2D eigenvalue weighted by atomic mass is 16.5. The third kappa shape index (κ3) is 5.16. The smallest absolute Gasteiger partial charge is 0.267 e. The number of aromatic nitrogens is 2. The van der Waals surface area contributed by atoms with E-state index in [0.717, 1.165) is 5.56 Å². The van der Waals surface area contributed by atoms with E-state index in [1.165, 1.54) is 10.5 Å². The van der Waals surface area contributed by atoms with Crippen LogP contribution in [0.3, 0.4) is 0 Å². The van der Waals surface area contributed by atoms with E-state index >= 15 is 0 Å². The average Bonchev–Trinajstić information content (AvgIpc) is 2.83. The minimum atomic E-state index is -0.523. The molecule has 1 fully saturated rings. The van der Waals surface area contributed by atoms with E-state index < -0.39 is 5.91 Å². The van der Waals surface area contributed by atoms with Crippen LogP contribution in [0.2, 0.25) is 0 Å². The lowest BCUT2D eigenvalue weighted by molar-refractivity contribution is -0.117. The standard InChI is InChI=1S/C26H27N5O3/c1-18-16-30(17-19(2)34-18)24-22(26(33)31-13-7-6-10-23(31)29-24)14-21(15-27)25(32)28-12-11-20-8-4-3-5-9-20/h3-10,13-14,18-19H,11-12,16-17H2,1-2H3,(H,28,32)/b21-14+. The summed E-state index contributed by atoms with van der Waals surface area (Å²) in [6.45, 7) is 5.40. The maximum atomic E-state index is 13.4. The van der Waals surface area contributed by atoms with Gasteiger partial charge in [0.25, 0.3) is 11.5 Å². The van der Waals surface area contributed by atoms with Gasteiger partial charge in [0.2, 0.25) is 0 Å². The Morgan fingerprint density at radius 2 is 1.88 bits per heavy atom. The summed E-state index contributed by atoms with van der Waals surface area (Å²) in [4.78, 5) is 32.9. The Labute approximate surface area is 198 Å². The second-order valence-corrected chi connectivity index (χ2v) is 8.41. The quantitative estimate of drug-likeness (QED) is 0.451. The van der Waals surface area contributed by atoms with Gasteiger partial charge in [0.05, 0.1) is 17.8 Å². The first-order chi connectivity index (χ1) is 16.5. The lowest BCUT2D eigenvalue weighted by Gasteiger charge is -2.36. The van der Waals surface area contributed by atoms with Crippen LogP contribution < -0.4 is 15.8 Å². The number of hydrogen-bond donors (Lipinski definition) is 1. The SMILES string of the molecule is CC1CN(c2nc3ccccn3c(=O)c2/C=C(\C#N)C(=O)NCCc2ccccc2)CC(C)O1. The number of pyridine rings is 1. The molecule has 1 N–H and O–H groups in total. The molecule has 34 heavy (non-hydrogen) atoms. The zero-order valence-electron chi connectivity index (χ0n) is 19.3. The molecular weight excluding hydrogens is 430 g/mol. The van der Waals surface area contributed by atoms with Crippen molar-refractivity contribution < 1.29 is 9.53 Å². The van der Waals surface area contributed by atoms with E-state index in [1.807, 2.05) is 61.2 Å². The molecule has 1 amide bonds. The number of hydrogen-bond acceptors (Lipinski definition) is 6. The Hall–Kier alpha value is -3.96. The van der Waals surface area contributed by atoms with Crippen LogP contribution in [0.1, 0.15) is 25.0 Å². The normalized spacial score (nSPS) is 18.5. The number of ether oxygens (including phenoxy) is 1. The van der Waals surface area contributed by atoms with Crippen LogP contribution in [0.25, 0.3) is 11.7 Å². The molecule has 8 nitrogen and oxygen atoms in total. The van der Waals surface area contributed by atoms with Crippen molar-refractivity contribution >= 4 is 23.4 Å². The van der Waals surface area contributed by atoms with Gasteiger partial charge in [0.15, 0.2) is 0 Å². The molecule has 0 saturated carbocycles. The van der Waals surface area contributed by atoms with Crippen LogP contribution in [0, 0.1) is 11.3 Å². The van der Waals surface area contributed by atoms with E-state index in [1.54, 1.807) is 18.3 Å². The molecule has 3 aromatic rings. The van der Waals surface area contributed by atoms with E-state index in [2.05, 4.69) is 5.32 Å². The molecule has 1 aliphatic rings. The molecule has 2 unspecified atom stereocenters. The largest absolute Gasteiger partial charge is 0.372 e. The van der Waals surface area contributed by atoms with Gasteiger partial charge < -0.3 is 15.0 Å². The number of nitriles is 1. The van der Waals surface area contributed by atoms with Crippen molar-refractivity contribution in [1.82, 2.24) is 14.7 Å². The molecule has 174 valence electrons. The van der Waals surface area contributed by atoms with Gasteiger partial charge >= 0.3 is 0 Å². The number of benzene rings is 1. The Balaban J connectivity index is 1.68. The molecule has 0 radical (unpaired) electrons. The lowest BCUT2D eigenvalue weighted by atomic mass is 10.1. The number of fused-ring (bicyclic) bond motifs is 1. The zero-order chi connectivity index (χ0) is 24.1. The van der Waals surface area contributed by atoms with Crippen LogP contribution in [-0.2, 0) is 16.0 Å². The zero-order valence-corrected chi connectivity index (χ0v) is 19.3.